The predicted octanol–water partition coefficient (Wildman–Crippen LogP) is 2.35. The normalized spacial score (nSPS) is 10.8. The summed E-state index contributed by atoms with van der Waals surface area (Å²) in [5, 5.41) is 3.25. The van der Waals surface area contributed by atoms with E-state index in [4.69, 9.17) is 4.74 Å². The van der Waals surface area contributed by atoms with E-state index in [1.807, 2.05) is 29.0 Å². The zero-order chi connectivity index (χ0) is 12.8. The topological polar surface area (TPSA) is 26.2 Å². The van der Waals surface area contributed by atoms with E-state index in [2.05, 4.69) is 5.32 Å². The van der Waals surface area contributed by atoms with E-state index in [1.165, 1.54) is 6.07 Å². The van der Waals surface area contributed by atoms with Crippen molar-refractivity contribution in [3.63, 3.8) is 0 Å². The smallest absolute Gasteiger partial charge is 0.147 e. The van der Waals surface area contributed by atoms with E-state index < -0.39 is 0 Å². The molecule has 0 fully saturated rings. The number of hydrogen-bond acceptors (Lipinski definition) is 2. The molecule has 0 radical (unpaired) electrons. The molecule has 0 spiro atoms. The molecule has 0 unspecified atom stereocenters. The summed E-state index contributed by atoms with van der Waals surface area (Å²) in [7, 11) is 1.67. The van der Waals surface area contributed by atoms with Crippen molar-refractivity contribution < 1.29 is 9.13 Å². The fraction of sp³-hybridized carbons (Fsp3) is 0.286. The first kappa shape index (κ1) is 12.8. The third kappa shape index (κ3) is 2.97. The molecule has 18 heavy (non-hydrogen) atoms. The molecule has 96 valence electrons. The van der Waals surface area contributed by atoms with Gasteiger partial charge in [0.1, 0.15) is 5.82 Å². The van der Waals surface area contributed by atoms with Gasteiger partial charge in [-0.25, -0.2) is 4.39 Å². The van der Waals surface area contributed by atoms with Crippen LogP contribution < -0.4 is 5.32 Å². The van der Waals surface area contributed by atoms with Gasteiger partial charge >= 0.3 is 0 Å². The Hall–Kier alpha value is -1.65. The van der Waals surface area contributed by atoms with Crippen LogP contribution in [0.4, 0.5) is 4.39 Å². The molecule has 1 aromatic carbocycles. The Morgan fingerprint density at radius 1 is 1.22 bits per heavy atom. The maximum absolute atomic E-state index is 13.7. The van der Waals surface area contributed by atoms with Crippen molar-refractivity contribution in [3.8, 4) is 5.69 Å². The summed E-state index contributed by atoms with van der Waals surface area (Å²) < 4.78 is 20.5. The third-order valence-electron chi connectivity index (χ3n) is 2.73. The molecule has 0 atom stereocenters. The highest BCUT2D eigenvalue weighted by Gasteiger charge is 2.06. The Balaban J connectivity index is 2.10. The number of benzene rings is 1. The van der Waals surface area contributed by atoms with Gasteiger partial charge in [0.25, 0.3) is 0 Å². The SMILES string of the molecule is COCCNCc1cccn1-c1ccccc1F. The van der Waals surface area contributed by atoms with Crippen LogP contribution in [0, 0.1) is 5.82 Å². The van der Waals surface area contributed by atoms with Crippen LogP contribution >= 0.6 is 0 Å². The Kier molecular flexibility index (Phi) is 4.50. The van der Waals surface area contributed by atoms with Gasteiger partial charge in [0.15, 0.2) is 0 Å². The summed E-state index contributed by atoms with van der Waals surface area (Å²) in [6, 6.07) is 10.7. The minimum atomic E-state index is -0.216. The van der Waals surface area contributed by atoms with Crippen LogP contribution in [-0.2, 0) is 11.3 Å². The zero-order valence-electron chi connectivity index (χ0n) is 10.4. The lowest BCUT2D eigenvalue weighted by molar-refractivity contribution is 0.199. The summed E-state index contributed by atoms with van der Waals surface area (Å²) in [5.41, 5.74) is 1.60. The highest BCUT2D eigenvalue weighted by Crippen LogP contribution is 2.15. The van der Waals surface area contributed by atoms with Gasteiger partial charge in [0, 0.05) is 32.1 Å². The first-order valence-corrected chi connectivity index (χ1v) is 5.93. The summed E-state index contributed by atoms with van der Waals surface area (Å²) in [6.07, 6.45) is 1.87. The molecular formula is C14H17FN2O. The van der Waals surface area contributed by atoms with Gasteiger partial charge in [0.2, 0.25) is 0 Å². The zero-order valence-corrected chi connectivity index (χ0v) is 10.4. The molecule has 0 aliphatic carbocycles. The number of nitrogens with zero attached hydrogens (tertiary/aromatic N) is 1. The van der Waals surface area contributed by atoms with Crippen molar-refractivity contribution in [1.29, 1.82) is 0 Å². The van der Waals surface area contributed by atoms with Crippen LogP contribution in [0.1, 0.15) is 5.69 Å². The van der Waals surface area contributed by atoms with Crippen LogP contribution in [0.5, 0.6) is 0 Å². The van der Waals surface area contributed by atoms with E-state index in [-0.39, 0.29) is 5.82 Å². The number of nitrogens with one attached hydrogen (secondary N) is 1. The summed E-state index contributed by atoms with van der Waals surface area (Å²) in [5.74, 6) is -0.216. The Morgan fingerprint density at radius 3 is 2.83 bits per heavy atom. The molecule has 0 aliphatic heterocycles. The molecule has 3 nitrogen and oxygen atoms in total. The Labute approximate surface area is 106 Å². The number of halogens is 1. The number of ether oxygens (including phenoxy) is 1. The molecular weight excluding hydrogens is 231 g/mol. The highest BCUT2D eigenvalue weighted by molar-refractivity contribution is 5.36. The van der Waals surface area contributed by atoms with Crippen molar-refractivity contribution in [2.24, 2.45) is 0 Å². The van der Waals surface area contributed by atoms with Crippen LogP contribution in [0.2, 0.25) is 0 Å². The second-order valence-corrected chi connectivity index (χ2v) is 3.99. The molecule has 1 heterocycles. The molecule has 0 aliphatic rings. The lowest BCUT2D eigenvalue weighted by atomic mass is 10.3. The Morgan fingerprint density at radius 2 is 2.06 bits per heavy atom. The maximum atomic E-state index is 13.7. The van der Waals surface area contributed by atoms with Crippen LogP contribution in [0.3, 0.4) is 0 Å². The summed E-state index contributed by atoms with van der Waals surface area (Å²) in [6.45, 7) is 2.13. The largest absolute Gasteiger partial charge is 0.383 e. The Bertz CT molecular complexity index is 496. The monoisotopic (exact) mass is 248 g/mol. The van der Waals surface area contributed by atoms with Crippen LogP contribution in [0.25, 0.3) is 5.69 Å². The van der Waals surface area contributed by atoms with Gasteiger partial charge < -0.3 is 14.6 Å². The maximum Gasteiger partial charge on any atom is 0.147 e. The standard InChI is InChI=1S/C14H17FN2O/c1-18-10-8-16-11-12-5-4-9-17(12)14-7-3-2-6-13(14)15/h2-7,9,16H,8,10-11H2,1H3. The fourth-order valence-corrected chi connectivity index (χ4v) is 1.83. The number of para-hydroxylation sites is 1. The van der Waals surface area contributed by atoms with Crippen LogP contribution in [-0.4, -0.2) is 24.8 Å². The number of aromatic nitrogens is 1. The minimum Gasteiger partial charge on any atom is -0.383 e. The van der Waals surface area contributed by atoms with Gasteiger partial charge in [-0.05, 0) is 24.3 Å². The summed E-state index contributed by atoms with van der Waals surface area (Å²) in [4.78, 5) is 0. The number of methoxy groups -OCH3 is 1. The van der Waals surface area contributed by atoms with Gasteiger partial charge in [-0.15, -0.1) is 0 Å². The predicted molar refractivity (Wildman–Crippen MR) is 69.3 cm³/mol. The van der Waals surface area contributed by atoms with Crippen LogP contribution in [0.15, 0.2) is 42.6 Å². The lowest BCUT2D eigenvalue weighted by Gasteiger charge is -2.11. The second-order valence-electron chi connectivity index (χ2n) is 3.99. The molecule has 1 N–H and O–H groups in total. The average molecular weight is 248 g/mol. The highest BCUT2D eigenvalue weighted by atomic mass is 19.1. The fourth-order valence-electron chi connectivity index (χ4n) is 1.83. The molecule has 1 aromatic heterocycles. The molecule has 4 heteroatoms. The van der Waals surface area contributed by atoms with E-state index in [0.717, 1.165) is 12.2 Å². The molecule has 2 aromatic rings. The summed E-state index contributed by atoms with van der Waals surface area (Å²) >= 11 is 0. The first-order chi connectivity index (χ1) is 8.83. The van der Waals surface area contributed by atoms with E-state index >= 15 is 0 Å². The van der Waals surface area contributed by atoms with E-state index in [1.54, 1.807) is 19.2 Å². The van der Waals surface area contributed by atoms with Gasteiger partial charge in [-0.2, -0.15) is 0 Å². The quantitative estimate of drug-likeness (QED) is 0.794. The van der Waals surface area contributed by atoms with Crippen molar-refractivity contribution in [3.05, 3.63) is 54.1 Å². The van der Waals surface area contributed by atoms with E-state index in [0.29, 0.717) is 18.8 Å². The molecule has 0 saturated carbocycles. The molecule has 2 rings (SSSR count). The first-order valence-electron chi connectivity index (χ1n) is 5.93. The van der Waals surface area contributed by atoms with Gasteiger partial charge in [-0.1, -0.05) is 12.1 Å². The van der Waals surface area contributed by atoms with Gasteiger partial charge in [0.05, 0.1) is 12.3 Å². The molecule has 0 saturated heterocycles. The van der Waals surface area contributed by atoms with Crippen molar-refractivity contribution in [2.75, 3.05) is 20.3 Å². The second kappa shape index (κ2) is 6.33. The molecule has 0 bridgehead atoms. The van der Waals surface area contributed by atoms with Gasteiger partial charge in [-0.3, -0.25) is 0 Å². The van der Waals surface area contributed by atoms with E-state index in [9.17, 15) is 4.39 Å². The van der Waals surface area contributed by atoms with Crippen molar-refractivity contribution in [1.82, 2.24) is 9.88 Å². The average Bonchev–Trinajstić information content (AvgIpc) is 2.83. The lowest BCUT2D eigenvalue weighted by Crippen LogP contribution is -2.20. The minimum absolute atomic E-state index is 0.216. The number of hydrogen-bond donors (Lipinski definition) is 1. The third-order valence-corrected chi connectivity index (χ3v) is 2.73. The van der Waals surface area contributed by atoms with Crippen molar-refractivity contribution in [2.45, 2.75) is 6.54 Å². The number of rotatable bonds is 6. The molecule has 0 amide bonds. The van der Waals surface area contributed by atoms with Crippen molar-refractivity contribution >= 4 is 0 Å².